The summed E-state index contributed by atoms with van der Waals surface area (Å²) in [4.78, 5) is 24.5. The quantitative estimate of drug-likeness (QED) is 0.552. The molecule has 0 bridgehead atoms. The molecule has 0 saturated heterocycles. The van der Waals surface area contributed by atoms with E-state index in [1.54, 1.807) is 13.8 Å². The fraction of sp³-hybridized carbons (Fsp3) is 0.579. The summed E-state index contributed by atoms with van der Waals surface area (Å²) in [6.07, 6.45) is 5.18. The van der Waals surface area contributed by atoms with Gasteiger partial charge in [0.15, 0.2) is 0 Å². The molecule has 0 aromatic heterocycles. The molecular weight excluding hydrogens is 402 g/mol. The number of nitrogens with one attached hydrogen (secondary N) is 3. The van der Waals surface area contributed by atoms with Crippen molar-refractivity contribution in [1.29, 1.82) is 0 Å². The van der Waals surface area contributed by atoms with Crippen LogP contribution in [0, 0.1) is 5.92 Å². The molecule has 156 valence electrons. The zero-order chi connectivity index (χ0) is 20.7. The summed E-state index contributed by atoms with van der Waals surface area (Å²) in [5, 5.41) is 5.66. The van der Waals surface area contributed by atoms with E-state index in [1.165, 1.54) is 24.6 Å². The Morgan fingerprint density at radius 1 is 1.11 bits per heavy atom. The second-order valence-electron chi connectivity index (χ2n) is 7.30. The van der Waals surface area contributed by atoms with Crippen LogP contribution < -0.4 is 15.4 Å². The third kappa shape index (κ3) is 6.46. The standard InChI is InChI=1S/C19H28ClN3O4S/c1-13(2)23-28(26,27)15-8-9-17(20)16(12-15)19(25)22-11-10-21-18(24)14-6-4-3-5-7-14/h8-9,12-14,23H,3-7,10-11H2,1-2H3,(H,21,24)(H,22,25). The Hall–Kier alpha value is -1.64. The number of amides is 2. The maximum Gasteiger partial charge on any atom is 0.252 e. The Morgan fingerprint density at radius 2 is 1.75 bits per heavy atom. The van der Waals surface area contributed by atoms with Crippen LogP contribution in [-0.4, -0.2) is 39.4 Å². The molecule has 1 saturated carbocycles. The van der Waals surface area contributed by atoms with E-state index in [0.29, 0.717) is 6.54 Å². The minimum atomic E-state index is -3.73. The Labute approximate surface area is 171 Å². The molecule has 0 heterocycles. The van der Waals surface area contributed by atoms with Gasteiger partial charge in [-0.05, 0) is 44.9 Å². The van der Waals surface area contributed by atoms with Gasteiger partial charge in [0.25, 0.3) is 5.91 Å². The lowest BCUT2D eigenvalue weighted by Crippen LogP contribution is -2.38. The number of hydrogen-bond acceptors (Lipinski definition) is 4. The first-order valence-corrected chi connectivity index (χ1v) is 11.4. The molecule has 1 aliphatic carbocycles. The van der Waals surface area contributed by atoms with Gasteiger partial charge in [-0.25, -0.2) is 13.1 Å². The first-order chi connectivity index (χ1) is 13.2. The van der Waals surface area contributed by atoms with Crippen molar-refractivity contribution in [3.05, 3.63) is 28.8 Å². The molecule has 0 radical (unpaired) electrons. The van der Waals surface area contributed by atoms with Crippen molar-refractivity contribution < 1.29 is 18.0 Å². The van der Waals surface area contributed by atoms with Crippen molar-refractivity contribution in [2.24, 2.45) is 5.92 Å². The maximum atomic E-state index is 12.4. The summed E-state index contributed by atoms with van der Waals surface area (Å²) in [5.74, 6) is -0.396. The van der Waals surface area contributed by atoms with Crippen molar-refractivity contribution in [1.82, 2.24) is 15.4 Å². The largest absolute Gasteiger partial charge is 0.354 e. The molecule has 0 atom stereocenters. The second kappa shape index (κ2) is 10.2. The van der Waals surface area contributed by atoms with Crippen molar-refractivity contribution in [2.75, 3.05) is 13.1 Å². The van der Waals surface area contributed by atoms with Crippen molar-refractivity contribution >= 4 is 33.4 Å². The highest BCUT2D eigenvalue weighted by molar-refractivity contribution is 7.89. The number of hydrogen-bond donors (Lipinski definition) is 3. The molecule has 28 heavy (non-hydrogen) atoms. The van der Waals surface area contributed by atoms with Crippen LogP contribution in [-0.2, 0) is 14.8 Å². The lowest BCUT2D eigenvalue weighted by molar-refractivity contribution is -0.125. The molecule has 0 aliphatic heterocycles. The average Bonchev–Trinajstić information content (AvgIpc) is 2.64. The van der Waals surface area contributed by atoms with Crippen molar-refractivity contribution in [2.45, 2.75) is 56.9 Å². The number of rotatable bonds is 8. The van der Waals surface area contributed by atoms with Gasteiger partial charge in [-0.2, -0.15) is 0 Å². The van der Waals surface area contributed by atoms with Crippen LogP contribution in [0.4, 0.5) is 0 Å². The Bertz CT molecular complexity index is 805. The summed E-state index contributed by atoms with van der Waals surface area (Å²) in [6.45, 7) is 3.96. The van der Waals surface area contributed by atoms with Crippen molar-refractivity contribution in [3.8, 4) is 0 Å². The smallest absolute Gasteiger partial charge is 0.252 e. The van der Waals surface area contributed by atoms with Crippen LogP contribution in [0.2, 0.25) is 5.02 Å². The fourth-order valence-corrected chi connectivity index (χ4v) is 4.67. The minimum absolute atomic E-state index is 0.0265. The molecule has 2 rings (SSSR count). The molecule has 3 N–H and O–H groups in total. The highest BCUT2D eigenvalue weighted by atomic mass is 35.5. The van der Waals surface area contributed by atoms with Gasteiger partial charge in [-0.3, -0.25) is 9.59 Å². The zero-order valence-electron chi connectivity index (χ0n) is 16.3. The van der Waals surface area contributed by atoms with E-state index < -0.39 is 15.9 Å². The molecule has 0 unspecified atom stereocenters. The van der Waals surface area contributed by atoms with Gasteiger partial charge in [0.05, 0.1) is 15.5 Å². The second-order valence-corrected chi connectivity index (χ2v) is 9.42. The Kier molecular flexibility index (Phi) is 8.27. The van der Waals surface area contributed by atoms with Gasteiger partial charge < -0.3 is 10.6 Å². The van der Waals surface area contributed by atoms with Crippen LogP contribution in [0.25, 0.3) is 0 Å². The third-order valence-corrected chi connectivity index (χ3v) is 6.56. The van der Waals surface area contributed by atoms with E-state index in [2.05, 4.69) is 15.4 Å². The summed E-state index contributed by atoms with van der Waals surface area (Å²) >= 11 is 6.07. The van der Waals surface area contributed by atoms with Crippen LogP contribution in [0.15, 0.2) is 23.1 Å². The number of sulfonamides is 1. The lowest BCUT2D eigenvalue weighted by atomic mass is 9.89. The van der Waals surface area contributed by atoms with Crippen LogP contribution in [0.1, 0.15) is 56.3 Å². The SMILES string of the molecule is CC(C)NS(=O)(=O)c1ccc(Cl)c(C(=O)NCCNC(=O)C2CCCCC2)c1. The van der Waals surface area contributed by atoms with Gasteiger partial charge in [-0.15, -0.1) is 0 Å². The van der Waals surface area contributed by atoms with Gasteiger partial charge in [-0.1, -0.05) is 30.9 Å². The van der Waals surface area contributed by atoms with Crippen LogP contribution >= 0.6 is 11.6 Å². The predicted molar refractivity (Wildman–Crippen MR) is 109 cm³/mol. The van der Waals surface area contributed by atoms with E-state index in [-0.39, 0.29) is 39.9 Å². The third-order valence-electron chi connectivity index (χ3n) is 4.57. The minimum Gasteiger partial charge on any atom is -0.354 e. The highest BCUT2D eigenvalue weighted by Gasteiger charge is 2.21. The molecule has 9 heteroatoms. The van der Waals surface area contributed by atoms with E-state index >= 15 is 0 Å². The summed E-state index contributed by atoms with van der Waals surface area (Å²) in [7, 11) is -3.73. The molecule has 2 amide bonds. The van der Waals surface area contributed by atoms with Gasteiger partial charge in [0.2, 0.25) is 15.9 Å². The zero-order valence-corrected chi connectivity index (χ0v) is 17.8. The number of carbonyl (C=O) groups excluding carboxylic acids is 2. The summed E-state index contributed by atoms with van der Waals surface area (Å²) in [6, 6.07) is 3.72. The molecule has 7 nitrogen and oxygen atoms in total. The average molecular weight is 430 g/mol. The fourth-order valence-electron chi connectivity index (χ4n) is 3.19. The highest BCUT2D eigenvalue weighted by Crippen LogP contribution is 2.23. The van der Waals surface area contributed by atoms with Gasteiger partial charge in [0.1, 0.15) is 0 Å². The maximum absolute atomic E-state index is 12.4. The molecule has 1 aromatic rings. The first-order valence-electron chi connectivity index (χ1n) is 9.58. The monoisotopic (exact) mass is 429 g/mol. The summed E-state index contributed by atoms with van der Waals surface area (Å²) in [5.41, 5.74) is 0.0758. The van der Waals surface area contributed by atoms with Gasteiger partial charge in [0, 0.05) is 25.0 Å². The molecule has 1 aliphatic rings. The van der Waals surface area contributed by atoms with Crippen molar-refractivity contribution in [3.63, 3.8) is 0 Å². The lowest BCUT2D eigenvalue weighted by Gasteiger charge is -2.20. The normalized spacial score (nSPS) is 15.4. The number of halogens is 1. The molecule has 1 fully saturated rings. The van der Waals surface area contributed by atoms with E-state index in [4.69, 9.17) is 11.6 Å². The van der Waals surface area contributed by atoms with E-state index in [9.17, 15) is 18.0 Å². The Balaban J connectivity index is 1.91. The van der Waals surface area contributed by atoms with Gasteiger partial charge >= 0.3 is 0 Å². The molecule has 1 aromatic carbocycles. The first kappa shape index (κ1) is 22.6. The summed E-state index contributed by atoms with van der Waals surface area (Å²) < 4.78 is 27.0. The molecular formula is C19H28ClN3O4S. The predicted octanol–water partition coefficient (Wildman–Crippen LogP) is 2.45. The van der Waals surface area contributed by atoms with E-state index in [0.717, 1.165) is 25.7 Å². The van der Waals surface area contributed by atoms with Crippen LogP contribution in [0.3, 0.4) is 0 Å². The van der Waals surface area contributed by atoms with Crippen LogP contribution in [0.5, 0.6) is 0 Å². The number of benzene rings is 1. The topological polar surface area (TPSA) is 104 Å². The molecule has 0 spiro atoms. The Morgan fingerprint density at radius 3 is 2.39 bits per heavy atom. The number of carbonyl (C=O) groups is 2. The van der Waals surface area contributed by atoms with E-state index in [1.807, 2.05) is 0 Å².